The Morgan fingerprint density at radius 2 is 1.75 bits per heavy atom. The molecular weight excluding hydrogens is 358 g/mol. The van der Waals surface area contributed by atoms with Gasteiger partial charge in [0.05, 0.1) is 12.3 Å². The molecule has 146 valence electrons. The van der Waals surface area contributed by atoms with Gasteiger partial charge in [0, 0.05) is 17.2 Å². The summed E-state index contributed by atoms with van der Waals surface area (Å²) < 4.78 is 10.6. The number of para-hydroxylation sites is 2. The van der Waals surface area contributed by atoms with E-state index in [9.17, 15) is 14.4 Å². The fraction of sp³-hybridized carbons (Fsp3) is 0.227. The van der Waals surface area contributed by atoms with Crippen molar-refractivity contribution in [2.24, 2.45) is 0 Å². The van der Waals surface area contributed by atoms with Crippen LogP contribution in [0.15, 0.2) is 54.6 Å². The van der Waals surface area contributed by atoms with E-state index in [-0.39, 0.29) is 5.78 Å². The largest absolute Gasteiger partial charge is 0.493 e. The number of benzene rings is 2. The van der Waals surface area contributed by atoms with Gasteiger partial charge in [0.2, 0.25) is 0 Å². The van der Waals surface area contributed by atoms with Gasteiger partial charge >= 0.3 is 5.97 Å². The lowest BCUT2D eigenvalue weighted by molar-refractivity contribution is -0.148. The Bertz CT molecular complexity index is 888. The van der Waals surface area contributed by atoms with Gasteiger partial charge in [0.15, 0.2) is 11.9 Å². The fourth-order valence-electron chi connectivity index (χ4n) is 2.46. The molecule has 1 amide bonds. The number of nitrogens with one attached hydrogen (secondary N) is 1. The maximum Gasteiger partial charge on any atom is 0.331 e. The van der Waals surface area contributed by atoms with E-state index in [1.807, 2.05) is 25.1 Å². The first-order valence-corrected chi connectivity index (χ1v) is 8.93. The van der Waals surface area contributed by atoms with Gasteiger partial charge in [-0.25, -0.2) is 4.79 Å². The van der Waals surface area contributed by atoms with Crippen LogP contribution in [0.5, 0.6) is 5.75 Å². The summed E-state index contributed by atoms with van der Waals surface area (Å²) in [5, 5.41) is 2.62. The minimum atomic E-state index is -1.03. The van der Waals surface area contributed by atoms with Crippen molar-refractivity contribution in [2.45, 2.75) is 26.9 Å². The van der Waals surface area contributed by atoms with E-state index < -0.39 is 18.0 Å². The van der Waals surface area contributed by atoms with E-state index in [1.54, 1.807) is 36.4 Å². The second-order valence-corrected chi connectivity index (χ2v) is 5.97. The average Bonchev–Trinajstić information content (AvgIpc) is 2.67. The molecule has 1 unspecified atom stereocenters. The molecule has 0 bridgehead atoms. The molecule has 2 aromatic rings. The summed E-state index contributed by atoms with van der Waals surface area (Å²) in [5.41, 5.74) is 1.50. The zero-order valence-corrected chi connectivity index (χ0v) is 16.1. The minimum Gasteiger partial charge on any atom is -0.493 e. The van der Waals surface area contributed by atoms with Crippen LogP contribution < -0.4 is 10.1 Å². The van der Waals surface area contributed by atoms with Crippen molar-refractivity contribution in [3.05, 3.63) is 65.7 Å². The van der Waals surface area contributed by atoms with Gasteiger partial charge in [-0.3, -0.25) is 9.59 Å². The lowest BCUT2D eigenvalue weighted by Crippen LogP contribution is -2.30. The predicted octanol–water partition coefficient (Wildman–Crippen LogP) is 3.87. The molecule has 0 heterocycles. The maximum absolute atomic E-state index is 12.3. The van der Waals surface area contributed by atoms with Crippen LogP contribution in [-0.2, 0) is 14.3 Å². The number of esters is 1. The number of hydrogen-bond acceptors (Lipinski definition) is 5. The van der Waals surface area contributed by atoms with Gasteiger partial charge in [-0.1, -0.05) is 30.3 Å². The molecule has 2 rings (SSSR count). The second-order valence-electron chi connectivity index (χ2n) is 5.97. The van der Waals surface area contributed by atoms with Crippen LogP contribution in [-0.4, -0.2) is 30.4 Å². The number of ether oxygens (including phenoxy) is 2. The van der Waals surface area contributed by atoms with Crippen LogP contribution >= 0.6 is 0 Å². The van der Waals surface area contributed by atoms with Gasteiger partial charge in [0.25, 0.3) is 5.91 Å². The quantitative estimate of drug-likeness (QED) is 0.426. The molecule has 2 aromatic carbocycles. The molecule has 0 spiro atoms. The minimum absolute atomic E-state index is 0.170. The summed E-state index contributed by atoms with van der Waals surface area (Å²) in [7, 11) is 0. The Hall–Kier alpha value is -3.41. The summed E-state index contributed by atoms with van der Waals surface area (Å²) in [6.45, 7) is 5.26. The summed E-state index contributed by atoms with van der Waals surface area (Å²) in [6, 6.07) is 13.9. The first-order valence-electron chi connectivity index (χ1n) is 8.93. The summed E-state index contributed by atoms with van der Waals surface area (Å²) in [5.74, 6) is -0.698. The number of rotatable bonds is 8. The van der Waals surface area contributed by atoms with Gasteiger partial charge in [0.1, 0.15) is 5.75 Å². The molecule has 6 heteroatoms. The van der Waals surface area contributed by atoms with Crippen molar-refractivity contribution in [2.75, 3.05) is 11.9 Å². The number of amides is 1. The molecule has 0 fully saturated rings. The smallest absolute Gasteiger partial charge is 0.331 e. The third-order valence-corrected chi connectivity index (χ3v) is 3.84. The Kier molecular flexibility index (Phi) is 7.51. The van der Waals surface area contributed by atoms with Crippen molar-refractivity contribution >= 4 is 29.4 Å². The Morgan fingerprint density at radius 1 is 1.07 bits per heavy atom. The van der Waals surface area contributed by atoms with Gasteiger partial charge in [-0.05, 0) is 45.0 Å². The van der Waals surface area contributed by atoms with Crippen LogP contribution in [0.3, 0.4) is 0 Å². The first-order chi connectivity index (χ1) is 13.4. The van der Waals surface area contributed by atoms with Crippen LogP contribution in [0.1, 0.15) is 36.7 Å². The highest BCUT2D eigenvalue weighted by molar-refractivity contribution is 6.05. The highest BCUT2D eigenvalue weighted by Crippen LogP contribution is 2.19. The standard InChI is InChI=1S/C22H23NO5/c1-4-27-20-12-8-5-9-17(20)13-14-21(25)28-16(3)22(26)23-19-11-7-6-10-18(19)15(2)24/h5-14,16H,4H2,1-3H3,(H,23,26)/b14-13+. The molecule has 0 aliphatic rings. The van der Waals surface area contributed by atoms with Crippen molar-refractivity contribution in [1.29, 1.82) is 0 Å². The number of anilines is 1. The maximum atomic E-state index is 12.3. The van der Waals surface area contributed by atoms with Gasteiger partial charge in [-0.2, -0.15) is 0 Å². The van der Waals surface area contributed by atoms with Gasteiger partial charge in [-0.15, -0.1) is 0 Å². The van der Waals surface area contributed by atoms with Crippen LogP contribution in [0.4, 0.5) is 5.69 Å². The van der Waals surface area contributed by atoms with E-state index in [2.05, 4.69) is 5.32 Å². The Labute approximate surface area is 164 Å². The molecule has 1 N–H and O–H groups in total. The molecule has 0 aliphatic carbocycles. The van der Waals surface area contributed by atoms with Crippen molar-refractivity contribution in [3.63, 3.8) is 0 Å². The first kappa shape index (κ1) is 20.9. The molecule has 0 radical (unpaired) electrons. The van der Waals surface area contributed by atoms with E-state index in [1.165, 1.54) is 19.9 Å². The van der Waals surface area contributed by atoms with Crippen LogP contribution in [0.2, 0.25) is 0 Å². The van der Waals surface area contributed by atoms with Crippen molar-refractivity contribution in [1.82, 2.24) is 0 Å². The zero-order valence-electron chi connectivity index (χ0n) is 16.1. The lowest BCUT2D eigenvalue weighted by atomic mass is 10.1. The summed E-state index contributed by atoms with van der Waals surface area (Å²) in [4.78, 5) is 36.0. The Morgan fingerprint density at radius 3 is 2.46 bits per heavy atom. The molecular formula is C22H23NO5. The third-order valence-electron chi connectivity index (χ3n) is 3.84. The Balaban J connectivity index is 1.99. The van der Waals surface area contributed by atoms with E-state index >= 15 is 0 Å². The van der Waals surface area contributed by atoms with Crippen molar-refractivity contribution < 1.29 is 23.9 Å². The number of hydrogen-bond donors (Lipinski definition) is 1. The molecule has 1 atom stereocenters. The average molecular weight is 381 g/mol. The molecule has 28 heavy (non-hydrogen) atoms. The summed E-state index contributed by atoms with van der Waals surface area (Å²) in [6.07, 6.45) is 1.79. The fourth-order valence-corrected chi connectivity index (χ4v) is 2.46. The summed E-state index contributed by atoms with van der Waals surface area (Å²) >= 11 is 0. The molecule has 0 aliphatic heterocycles. The number of Topliss-reactive ketones (excluding diaryl/α,β-unsaturated/α-hetero) is 1. The third kappa shape index (κ3) is 5.81. The zero-order chi connectivity index (χ0) is 20.5. The normalized spacial score (nSPS) is 11.7. The van der Waals surface area contributed by atoms with E-state index in [0.717, 1.165) is 5.56 Å². The molecule has 0 saturated carbocycles. The molecule has 0 aromatic heterocycles. The highest BCUT2D eigenvalue weighted by Gasteiger charge is 2.18. The van der Waals surface area contributed by atoms with Crippen molar-refractivity contribution in [3.8, 4) is 5.75 Å². The SMILES string of the molecule is CCOc1ccccc1/C=C/C(=O)OC(C)C(=O)Nc1ccccc1C(C)=O. The topological polar surface area (TPSA) is 81.7 Å². The highest BCUT2D eigenvalue weighted by atomic mass is 16.5. The van der Waals surface area contributed by atoms with E-state index in [4.69, 9.17) is 9.47 Å². The monoisotopic (exact) mass is 381 g/mol. The molecule has 6 nitrogen and oxygen atoms in total. The van der Waals surface area contributed by atoms with Gasteiger partial charge < -0.3 is 14.8 Å². The van der Waals surface area contributed by atoms with Crippen LogP contribution in [0, 0.1) is 0 Å². The number of ketones is 1. The lowest BCUT2D eigenvalue weighted by Gasteiger charge is -2.14. The second kappa shape index (κ2) is 10.1. The predicted molar refractivity (Wildman–Crippen MR) is 107 cm³/mol. The van der Waals surface area contributed by atoms with Crippen LogP contribution in [0.25, 0.3) is 6.08 Å². The number of carbonyl (C=O) groups excluding carboxylic acids is 3. The molecule has 0 saturated heterocycles. The van der Waals surface area contributed by atoms with E-state index in [0.29, 0.717) is 23.6 Å². The number of carbonyl (C=O) groups is 3.